The Kier molecular flexibility index (Phi) is 13.9. The van der Waals surface area contributed by atoms with Gasteiger partial charge in [0, 0.05) is 130 Å². The van der Waals surface area contributed by atoms with Crippen LogP contribution in [0.25, 0.3) is 67.1 Å². The first-order chi connectivity index (χ1) is 36.3. The molecule has 2 fully saturated rings. The lowest BCUT2D eigenvalue weighted by Gasteiger charge is -2.28. The number of nitrogens with one attached hydrogen (secondary N) is 2. The molecule has 9 heterocycles. The van der Waals surface area contributed by atoms with E-state index in [0.717, 1.165) is 141 Å². The average Bonchev–Trinajstić information content (AvgIpc) is 4.25. The van der Waals surface area contributed by atoms with Crippen LogP contribution in [-0.2, 0) is 58.8 Å². The predicted octanol–water partition coefficient (Wildman–Crippen LogP) is 8.43. The van der Waals surface area contributed by atoms with Crippen LogP contribution in [-0.4, -0.2) is 114 Å². The van der Waals surface area contributed by atoms with Crippen molar-refractivity contribution in [3.05, 3.63) is 169 Å². The van der Waals surface area contributed by atoms with E-state index in [0.29, 0.717) is 38.9 Å². The van der Waals surface area contributed by atoms with Crippen LogP contribution in [0, 0.1) is 0 Å². The molecule has 0 saturated carbocycles. The Bertz CT molecular complexity index is 3300. The van der Waals surface area contributed by atoms with Gasteiger partial charge in [-0.1, -0.05) is 78.9 Å². The maximum Gasteiger partial charge on any atom is 0.156 e. The number of aromatic nitrogens is 10. The second-order valence-corrected chi connectivity index (χ2v) is 18.7. The van der Waals surface area contributed by atoms with Crippen molar-refractivity contribution < 1.29 is 19.1 Å². The number of carbonyl (C=O) groups is 2. The van der Waals surface area contributed by atoms with Crippen LogP contribution in [0.4, 0.5) is 11.6 Å². The van der Waals surface area contributed by atoms with Crippen molar-refractivity contribution in [2.24, 2.45) is 14.1 Å². The van der Waals surface area contributed by atoms with Crippen molar-refractivity contribution in [1.82, 2.24) is 49.5 Å². The minimum absolute atomic E-state index is 0.141. The summed E-state index contributed by atoms with van der Waals surface area (Å²) in [6, 6.07) is 40.2. The molecule has 2 N–H and O–H groups in total. The molecule has 372 valence electrons. The fourth-order valence-corrected chi connectivity index (χ4v) is 9.61. The molecule has 2 aliphatic heterocycles. The summed E-state index contributed by atoms with van der Waals surface area (Å²) in [4.78, 5) is 55.3. The van der Waals surface area contributed by atoms with Gasteiger partial charge in [0.25, 0.3) is 0 Å². The number of imidazole rings is 1. The first-order valence-corrected chi connectivity index (χ1v) is 25.0. The van der Waals surface area contributed by atoms with E-state index in [9.17, 15) is 9.59 Å². The van der Waals surface area contributed by atoms with Crippen molar-refractivity contribution >= 4 is 45.1 Å². The number of hydrogen-bond acceptors (Lipinski definition) is 12. The molecule has 0 radical (unpaired) electrons. The summed E-state index contributed by atoms with van der Waals surface area (Å²) in [6.45, 7) is 6.16. The van der Waals surface area contributed by atoms with Crippen LogP contribution in [0.2, 0.25) is 0 Å². The number of ketones is 2. The summed E-state index contributed by atoms with van der Waals surface area (Å²) >= 11 is 0. The van der Waals surface area contributed by atoms with E-state index in [1.165, 1.54) is 0 Å². The van der Waals surface area contributed by atoms with E-state index in [4.69, 9.17) is 14.5 Å². The molecule has 16 heteroatoms. The smallest absolute Gasteiger partial charge is 0.156 e. The summed E-state index contributed by atoms with van der Waals surface area (Å²) in [6.07, 6.45) is 8.59. The highest BCUT2D eigenvalue weighted by atomic mass is 16.5. The Hall–Kier alpha value is -8.60. The van der Waals surface area contributed by atoms with Crippen LogP contribution in [0.5, 0.6) is 0 Å². The number of Topliss-reactive ketones (excluding diaryl/α,β-unsaturated/α-hetero) is 2. The molecule has 10 aromatic rings. The maximum absolute atomic E-state index is 12.9. The molecule has 0 amide bonds. The number of nitrogens with zero attached hydrogens (tertiary/aromatic N) is 10. The largest absolute Gasteiger partial charge is 0.378 e. The third-order valence-corrected chi connectivity index (χ3v) is 13.6. The molecule has 12 rings (SSSR count). The number of morpholine rings is 2. The van der Waals surface area contributed by atoms with Crippen LogP contribution in [0.1, 0.15) is 22.5 Å². The van der Waals surface area contributed by atoms with Gasteiger partial charge in [-0.2, -0.15) is 10.2 Å². The van der Waals surface area contributed by atoms with Gasteiger partial charge in [0.1, 0.15) is 28.7 Å². The molecule has 2 saturated heterocycles. The number of hydrogen-bond donors (Lipinski definition) is 2. The van der Waals surface area contributed by atoms with E-state index < -0.39 is 0 Å². The number of H-pyrrole nitrogens is 2. The fraction of sp³-hybridized carbons (Fsp3) is 0.241. The molecule has 0 atom stereocenters. The van der Waals surface area contributed by atoms with Gasteiger partial charge in [0.2, 0.25) is 0 Å². The van der Waals surface area contributed by atoms with Crippen LogP contribution in [0.15, 0.2) is 146 Å². The molecule has 2 aliphatic rings. The van der Waals surface area contributed by atoms with Crippen molar-refractivity contribution in [1.29, 1.82) is 0 Å². The number of anilines is 2. The van der Waals surface area contributed by atoms with E-state index in [1.807, 2.05) is 130 Å². The molecule has 0 aliphatic carbocycles. The van der Waals surface area contributed by atoms with Gasteiger partial charge in [0.05, 0.1) is 48.8 Å². The number of pyridine rings is 3. The van der Waals surface area contributed by atoms with Crippen LogP contribution < -0.4 is 9.80 Å². The number of aryl methyl sites for hydroxylation is 2. The van der Waals surface area contributed by atoms with E-state index in [2.05, 4.69) is 63.1 Å². The van der Waals surface area contributed by atoms with E-state index >= 15 is 0 Å². The van der Waals surface area contributed by atoms with Gasteiger partial charge in [-0.15, -0.1) is 0 Å². The Balaban J connectivity index is 0.000000159. The molecule has 0 spiro atoms. The Morgan fingerprint density at radius 2 is 1.05 bits per heavy atom. The number of benzene rings is 3. The summed E-state index contributed by atoms with van der Waals surface area (Å²) in [7, 11) is 3.76. The van der Waals surface area contributed by atoms with E-state index in [1.54, 1.807) is 21.8 Å². The highest BCUT2D eigenvalue weighted by Gasteiger charge is 2.20. The Labute approximate surface area is 428 Å². The molecule has 74 heavy (non-hydrogen) atoms. The standard InChI is InChI=1S/C30H29N5O2.C28H27N7O2/c1-34-24(19-29(33-34)22-5-3-2-4-6-22)18-25(36)17-21-7-9-23(10-8-21)28-20-26-27(32-28)11-12-31-30(26)35-13-15-37-16-14-35;1-34-22(18-25(33-34)20-6-9-29-10-7-20)17-23(36)16-19-2-4-21(5-3-19)27-31-24-8-11-30-28(26(24)32-27)35-12-14-37-15-13-35/h2-12,19-20,32H,13-18H2,1H3;2-11,18H,12-17H2,1H3,(H,31,32). The molecule has 3 aromatic carbocycles. The van der Waals surface area contributed by atoms with Crippen molar-refractivity contribution in [3.63, 3.8) is 0 Å². The zero-order chi connectivity index (χ0) is 50.4. The first-order valence-electron chi connectivity index (χ1n) is 25.0. The van der Waals surface area contributed by atoms with Gasteiger partial charge in [-0.25, -0.2) is 15.0 Å². The number of carbonyl (C=O) groups excluding carboxylic acids is 2. The third-order valence-electron chi connectivity index (χ3n) is 13.6. The second-order valence-electron chi connectivity index (χ2n) is 18.7. The van der Waals surface area contributed by atoms with E-state index in [-0.39, 0.29) is 11.6 Å². The summed E-state index contributed by atoms with van der Waals surface area (Å²) in [5.41, 5.74) is 13.5. The lowest BCUT2D eigenvalue weighted by molar-refractivity contribution is -0.118. The zero-order valence-electron chi connectivity index (χ0n) is 41.4. The second kappa shape index (κ2) is 21.6. The Morgan fingerprint density at radius 1 is 0.527 bits per heavy atom. The predicted molar refractivity (Wildman–Crippen MR) is 287 cm³/mol. The number of ether oxygens (including phenoxy) is 2. The molecular weight excluding hydrogens is 929 g/mol. The quantitative estimate of drug-likeness (QED) is 0.106. The number of aromatic amines is 2. The molecular formula is C58H56N12O4. The highest BCUT2D eigenvalue weighted by Crippen LogP contribution is 2.31. The molecule has 0 unspecified atom stereocenters. The molecule has 7 aromatic heterocycles. The summed E-state index contributed by atoms with van der Waals surface area (Å²) in [5, 5.41) is 10.3. The normalized spacial score (nSPS) is 13.8. The van der Waals surface area contributed by atoms with Crippen molar-refractivity contribution in [2.75, 3.05) is 62.4 Å². The third kappa shape index (κ3) is 10.8. The number of fused-ring (bicyclic) bond motifs is 2. The summed E-state index contributed by atoms with van der Waals surface area (Å²) in [5.74, 6) is 2.97. The zero-order valence-corrected chi connectivity index (χ0v) is 41.4. The van der Waals surface area contributed by atoms with Crippen LogP contribution in [0.3, 0.4) is 0 Å². The van der Waals surface area contributed by atoms with Crippen molar-refractivity contribution in [3.8, 4) is 45.2 Å². The summed E-state index contributed by atoms with van der Waals surface area (Å²) < 4.78 is 14.6. The maximum atomic E-state index is 12.9. The van der Waals surface area contributed by atoms with Gasteiger partial charge in [-0.3, -0.25) is 23.9 Å². The fourth-order valence-electron chi connectivity index (χ4n) is 9.61. The monoisotopic (exact) mass is 984 g/mol. The lowest BCUT2D eigenvalue weighted by Crippen LogP contribution is -2.36. The van der Waals surface area contributed by atoms with Gasteiger partial charge in [-0.05, 0) is 59.2 Å². The topological polar surface area (TPSA) is 178 Å². The highest BCUT2D eigenvalue weighted by molar-refractivity contribution is 5.94. The molecule has 0 bridgehead atoms. The van der Waals surface area contributed by atoms with Crippen LogP contribution >= 0.6 is 0 Å². The minimum Gasteiger partial charge on any atom is -0.378 e. The lowest BCUT2D eigenvalue weighted by atomic mass is 10.0. The number of rotatable bonds is 14. The van der Waals surface area contributed by atoms with Gasteiger partial charge < -0.3 is 29.2 Å². The van der Waals surface area contributed by atoms with Crippen molar-refractivity contribution in [2.45, 2.75) is 25.7 Å². The minimum atomic E-state index is 0.141. The average molecular weight is 985 g/mol. The Morgan fingerprint density at radius 3 is 1.65 bits per heavy atom. The first kappa shape index (κ1) is 47.7. The van der Waals surface area contributed by atoms with Gasteiger partial charge in [0.15, 0.2) is 5.82 Å². The van der Waals surface area contributed by atoms with Gasteiger partial charge >= 0.3 is 0 Å². The molecule has 16 nitrogen and oxygen atoms in total. The SMILES string of the molecule is Cn1nc(-c2ccccc2)cc1CC(=O)Cc1ccc(-c2cc3c(N4CCOCC4)nccc3[nH]2)cc1.Cn1nc(-c2ccncc2)cc1CC(=O)Cc1ccc(-c2nc3c(N4CCOCC4)nccc3[nH]2)cc1.